The summed E-state index contributed by atoms with van der Waals surface area (Å²) in [5.41, 5.74) is 1.01. The Labute approximate surface area is 181 Å². The average Bonchev–Trinajstić information content (AvgIpc) is 2.78. The normalized spacial score (nSPS) is 13.0. The second-order valence-electron chi connectivity index (χ2n) is 6.80. The van der Waals surface area contributed by atoms with E-state index in [1.54, 1.807) is 23.5 Å². The van der Waals surface area contributed by atoms with Crippen LogP contribution < -0.4 is 4.90 Å². The summed E-state index contributed by atoms with van der Waals surface area (Å²) in [6.07, 6.45) is -0.983. The van der Waals surface area contributed by atoms with Crippen LogP contribution in [0.1, 0.15) is 0 Å². The van der Waals surface area contributed by atoms with Crippen molar-refractivity contribution in [1.82, 2.24) is 0 Å². The van der Waals surface area contributed by atoms with Crippen molar-refractivity contribution in [3.63, 3.8) is 0 Å². The third-order valence-electron chi connectivity index (χ3n) is 4.35. The highest BCUT2D eigenvalue weighted by Gasteiger charge is 2.17. The Bertz CT molecular complexity index is 767. The van der Waals surface area contributed by atoms with Crippen LogP contribution in [0, 0.1) is 0 Å². The maximum absolute atomic E-state index is 10.6. The van der Waals surface area contributed by atoms with E-state index in [1.165, 1.54) is 0 Å². The fraction of sp³-hybridized carbons (Fsp3) is 0.250. The van der Waals surface area contributed by atoms with Crippen LogP contribution >= 0.6 is 23.5 Å². The number of nitrogens with zero attached hydrogens (tertiary/aromatic N) is 1. The van der Waals surface area contributed by atoms with Crippen molar-refractivity contribution in [3.05, 3.63) is 91.0 Å². The second-order valence-corrected chi connectivity index (χ2v) is 8.98. The molecule has 0 heterocycles. The lowest BCUT2D eigenvalue weighted by molar-refractivity contribution is 0.182. The highest BCUT2D eigenvalue weighted by Crippen LogP contribution is 2.22. The van der Waals surface area contributed by atoms with Crippen molar-refractivity contribution in [2.24, 2.45) is 0 Å². The predicted molar refractivity (Wildman–Crippen MR) is 125 cm³/mol. The maximum atomic E-state index is 10.6. The van der Waals surface area contributed by atoms with Gasteiger partial charge in [-0.15, -0.1) is 23.5 Å². The summed E-state index contributed by atoms with van der Waals surface area (Å²) in [7, 11) is 0. The van der Waals surface area contributed by atoms with Crippen LogP contribution in [0.25, 0.3) is 0 Å². The van der Waals surface area contributed by atoms with Crippen LogP contribution in [0.2, 0.25) is 0 Å². The number of aliphatic hydroxyl groups is 2. The zero-order valence-corrected chi connectivity index (χ0v) is 17.9. The van der Waals surface area contributed by atoms with Gasteiger partial charge in [0.1, 0.15) is 0 Å². The molecule has 0 aromatic heterocycles. The van der Waals surface area contributed by atoms with E-state index < -0.39 is 12.2 Å². The summed E-state index contributed by atoms with van der Waals surface area (Å²) in [4.78, 5) is 4.38. The van der Waals surface area contributed by atoms with Gasteiger partial charge in [0.2, 0.25) is 0 Å². The number of aliphatic hydroxyl groups excluding tert-OH is 2. The van der Waals surface area contributed by atoms with Crippen LogP contribution in [0.5, 0.6) is 0 Å². The van der Waals surface area contributed by atoms with Crippen molar-refractivity contribution in [2.45, 2.75) is 22.0 Å². The minimum atomic E-state index is -0.491. The Morgan fingerprint density at radius 2 is 0.966 bits per heavy atom. The number of benzene rings is 3. The summed E-state index contributed by atoms with van der Waals surface area (Å²) in [6, 6.07) is 30.2. The topological polar surface area (TPSA) is 43.7 Å². The van der Waals surface area contributed by atoms with Gasteiger partial charge in [0.25, 0.3) is 0 Å². The molecule has 0 aliphatic rings. The summed E-state index contributed by atoms with van der Waals surface area (Å²) in [6.45, 7) is 0.966. The number of anilines is 1. The molecule has 2 atom stereocenters. The summed E-state index contributed by atoms with van der Waals surface area (Å²) in [5.74, 6) is 1.23. The Kier molecular flexibility index (Phi) is 8.96. The molecule has 0 fully saturated rings. The van der Waals surface area contributed by atoms with Crippen molar-refractivity contribution < 1.29 is 10.2 Å². The lowest BCUT2D eigenvalue weighted by atomic mass is 10.2. The van der Waals surface area contributed by atoms with Crippen molar-refractivity contribution >= 4 is 29.2 Å². The van der Waals surface area contributed by atoms with E-state index in [0.717, 1.165) is 15.5 Å². The van der Waals surface area contributed by atoms with Gasteiger partial charge in [-0.05, 0) is 36.4 Å². The largest absolute Gasteiger partial charge is 0.390 e. The van der Waals surface area contributed by atoms with E-state index in [4.69, 9.17) is 0 Å². The van der Waals surface area contributed by atoms with Gasteiger partial charge in [-0.1, -0.05) is 54.6 Å². The number of para-hydroxylation sites is 1. The zero-order valence-electron chi connectivity index (χ0n) is 16.3. The lowest BCUT2D eigenvalue weighted by Gasteiger charge is -2.29. The zero-order chi connectivity index (χ0) is 20.3. The van der Waals surface area contributed by atoms with Gasteiger partial charge in [-0.2, -0.15) is 0 Å². The molecule has 0 amide bonds. The SMILES string of the molecule is OC(CSc1ccccc1)CN(CC(O)CSc1ccccc1)c1ccccc1. The molecular formula is C24H27NO2S2. The van der Waals surface area contributed by atoms with Crippen molar-refractivity contribution in [1.29, 1.82) is 0 Å². The highest BCUT2D eigenvalue weighted by molar-refractivity contribution is 7.99. The molecule has 0 bridgehead atoms. The Morgan fingerprint density at radius 1 is 0.586 bits per heavy atom. The van der Waals surface area contributed by atoms with E-state index in [2.05, 4.69) is 29.2 Å². The average molecular weight is 426 g/mol. The van der Waals surface area contributed by atoms with Gasteiger partial charge in [0.05, 0.1) is 12.2 Å². The van der Waals surface area contributed by atoms with E-state index in [9.17, 15) is 10.2 Å². The molecule has 29 heavy (non-hydrogen) atoms. The van der Waals surface area contributed by atoms with Crippen molar-refractivity contribution in [3.8, 4) is 0 Å². The molecule has 3 nitrogen and oxygen atoms in total. The highest BCUT2D eigenvalue weighted by atomic mass is 32.2. The van der Waals surface area contributed by atoms with E-state index in [-0.39, 0.29) is 0 Å². The smallest absolute Gasteiger partial charge is 0.0808 e. The molecule has 0 saturated heterocycles. The third kappa shape index (κ3) is 7.78. The fourth-order valence-electron chi connectivity index (χ4n) is 2.96. The molecular weight excluding hydrogens is 398 g/mol. The van der Waals surface area contributed by atoms with Crippen LogP contribution in [-0.4, -0.2) is 47.0 Å². The first kappa shape index (κ1) is 21.8. The first-order chi connectivity index (χ1) is 14.2. The quantitative estimate of drug-likeness (QED) is 0.432. The minimum Gasteiger partial charge on any atom is -0.390 e. The summed E-state index contributed by atoms with van der Waals surface area (Å²) < 4.78 is 0. The first-order valence-corrected chi connectivity index (χ1v) is 11.7. The molecule has 2 unspecified atom stereocenters. The molecule has 3 aromatic carbocycles. The van der Waals surface area contributed by atoms with E-state index in [1.807, 2.05) is 66.7 Å². The van der Waals surface area contributed by atoms with Crippen LogP contribution in [-0.2, 0) is 0 Å². The minimum absolute atomic E-state index is 0.483. The number of rotatable bonds is 11. The van der Waals surface area contributed by atoms with Gasteiger partial charge >= 0.3 is 0 Å². The Morgan fingerprint density at radius 3 is 1.38 bits per heavy atom. The number of hydrogen-bond donors (Lipinski definition) is 2. The summed E-state index contributed by atoms with van der Waals surface area (Å²) in [5, 5.41) is 21.2. The molecule has 5 heteroatoms. The maximum Gasteiger partial charge on any atom is 0.0808 e. The number of hydrogen-bond acceptors (Lipinski definition) is 5. The van der Waals surface area contributed by atoms with Gasteiger partial charge in [0.15, 0.2) is 0 Å². The molecule has 0 spiro atoms. The Balaban J connectivity index is 1.55. The molecule has 0 aliphatic carbocycles. The standard InChI is InChI=1S/C24H27NO2S2/c26-21(18-28-23-12-6-2-7-13-23)16-25(20-10-4-1-5-11-20)17-22(27)19-29-24-14-8-3-9-15-24/h1-15,21-22,26-27H,16-19H2. The van der Waals surface area contributed by atoms with Crippen LogP contribution in [0.4, 0.5) is 5.69 Å². The molecule has 0 saturated carbocycles. The van der Waals surface area contributed by atoms with E-state index >= 15 is 0 Å². The molecule has 3 aromatic rings. The molecule has 2 N–H and O–H groups in total. The fourth-order valence-corrected chi connectivity index (χ4v) is 4.64. The predicted octanol–water partition coefficient (Wildman–Crippen LogP) is 4.80. The van der Waals surface area contributed by atoms with Gasteiger partial charge in [0, 0.05) is 40.1 Å². The molecule has 3 rings (SSSR count). The molecule has 152 valence electrons. The number of thioether (sulfide) groups is 2. The summed E-state index contributed by atoms with van der Waals surface area (Å²) >= 11 is 3.30. The first-order valence-electron chi connectivity index (χ1n) is 9.72. The van der Waals surface area contributed by atoms with E-state index in [0.29, 0.717) is 24.6 Å². The van der Waals surface area contributed by atoms with Crippen molar-refractivity contribution in [2.75, 3.05) is 29.5 Å². The molecule has 0 aliphatic heterocycles. The van der Waals surface area contributed by atoms with Gasteiger partial charge in [-0.3, -0.25) is 0 Å². The van der Waals surface area contributed by atoms with Gasteiger partial charge < -0.3 is 15.1 Å². The monoisotopic (exact) mass is 425 g/mol. The van der Waals surface area contributed by atoms with Crippen LogP contribution in [0.3, 0.4) is 0 Å². The third-order valence-corrected chi connectivity index (χ3v) is 6.67. The second kappa shape index (κ2) is 11.9. The Hall–Kier alpha value is -1.92. The lowest BCUT2D eigenvalue weighted by Crippen LogP contribution is -2.39. The van der Waals surface area contributed by atoms with Crippen LogP contribution in [0.15, 0.2) is 101 Å². The van der Waals surface area contributed by atoms with Gasteiger partial charge in [-0.25, -0.2) is 0 Å². The molecule has 0 radical (unpaired) electrons.